The summed E-state index contributed by atoms with van der Waals surface area (Å²) in [6, 6.07) is 6.06. The van der Waals surface area contributed by atoms with Crippen molar-refractivity contribution in [1.82, 2.24) is 15.2 Å². The maximum Gasteiger partial charge on any atom is 0.336 e. The highest BCUT2D eigenvalue weighted by molar-refractivity contribution is 7.71. The van der Waals surface area contributed by atoms with Crippen LogP contribution in [-0.4, -0.2) is 20.3 Å². The van der Waals surface area contributed by atoms with Gasteiger partial charge in [0.25, 0.3) is 0 Å². The molecule has 3 N–H and O–H groups in total. The minimum atomic E-state index is -0.470. The molecule has 1 aromatic carbocycles. The Hall–Kier alpha value is -2.41. The summed E-state index contributed by atoms with van der Waals surface area (Å²) in [4.78, 5) is 15.6. The zero-order chi connectivity index (χ0) is 13.4. The third kappa shape index (κ3) is 2.27. The van der Waals surface area contributed by atoms with Crippen molar-refractivity contribution in [3.05, 3.63) is 50.8 Å². The number of hydrogen-bond donors (Lipinski definition) is 3. The van der Waals surface area contributed by atoms with Crippen LogP contribution in [-0.2, 0) is 6.42 Å². The van der Waals surface area contributed by atoms with Gasteiger partial charge < -0.3 is 9.52 Å². The Balaban J connectivity index is 2.17. The number of nitrogens with one attached hydrogen (secondary N) is 2. The maximum atomic E-state index is 11.5. The van der Waals surface area contributed by atoms with Crippen LogP contribution < -0.4 is 5.63 Å². The molecular weight excluding hydrogens is 266 g/mol. The van der Waals surface area contributed by atoms with Crippen molar-refractivity contribution in [2.24, 2.45) is 0 Å². The molecule has 2 aromatic heterocycles. The summed E-state index contributed by atoms with van der Waals surface area (Å²) in [7, 11) is 0. The lowest BCUT2D eigenvalue weighted by molar-refractivity contribution is 0.473. The minimum absolute atomic E-state index is 0.0481. The monoisotopic (exact) mass is 275 g/mol. The van der Waals surface area contributed by atoms with E-state index in [4.69, 9.17) is 16.6 Å². The number of rotatable bonds is 2. The van der Waals surface area contributed by atoms with E-state index >= 15 is 0 Å². The lowest BCUT2D eigenvalue weighted by Crippen LogP contribution is -2.02. The van der Waals surface area contributed by atoms with Crippen LogP contribution in [0.1, 0.15) is 11.4 Å². The van der Waals surface area contributed by atoms with E-state index < -0.39 is 5.63 Å². The number of fused-ring (bicyclic) bond motifs is 1. The van der Waals surface area contributed by atoms with Crippen LogP contribution in [0.15, 0.2) is 33.5 Å². The molecule has 3 aromatic rings. The molecular formula is C12H9N3O3S. The summed E-state index contributed by atoms with van der Waals surface area (Å²) >= 11 is 4.88. The van der Waals surface area contributed by atoms with Crippen molar-refractivity contribution >= 4 is 23.2 Å². The van der Waals surface area contributed by atoms with E-state index in [1.165, 1.54) is 12.1 Å². The smallest absolute Gasteiger partial charge is 0.336 e. The molecule has 19 heavy (non-hydrogen) atoms. The van der Waals surface area contributed by atoms with Gasteiger partial charge in [0.15, 0.2) is 0 Å². The van der Waals surface area contributed by atoms with Crippen LogP contribution >= 0.6 is 12.2 Å². The van der Waals surface area contributed by atoms with Gasteiger partial charge in [0.1, 0.15) is 17.2 Å². The SMILES string of the molecule is O=c1cc(Cc2nc(=S)[nH][nH]2)c2ccc(O)cc2o1. The topological polar surface area (TPSA) is 94.9 Å². The van der Waals surface area contributed by atoms with Gasteiger partial charge in [0.05, 0.1) is 0 Å². The van der Waals surface area contributed by atoms with E-state index in [9.17, 15) is 9.90 Å². The first-order chi connectivity index (χ1) is 9.11. The van der Waals surface area contributed by atoms with Crippen molar-refractivity contribution < 1.29 is 9.52 Å². The van der Waals surface area contributed by atoms with E-state index in [2.05, 4.69) is 15.2 Å². The van der Waals surface area contributed by atoms with Crippen LogP contribution in [0.25, 0.3) is 11.0 Å². The molecule has 0 aliphatic rings. The molecule has 0 fully saturated rings. The molecule has 0 saturated carbocycles. The zero-order valence-corrected chi connectivity index (χ0v) is 10.5. The number of aromatic nitrogens is 3. The molecule has 0 unspecified atom stereocenters. The molecule has 0 radical (unpaired) electrons. The molecule has 0 atom stereocenters. The van der Waals surface area contributed by atoms with Gasteiger partial charge in [-0.1, -0.05) is 0 Å². The number of hydrogen-bond acceptors (Lipinski definition) is 5. The van der Waals surface area contributed by atoms with Crippen LogP contribution in [0.3, 0.4) is 0 Å². The number of phenols is 1. The van der Waals surface area contributed by atoms with E-state index in [1.807, 2.05) is 0 Å². The Labute approximate surface area is 111 Å². The fourth-order valence-corrected chi connectivity index (χ4v) is 2.09. The normalized spacial score (nSPS) is 10.9. The number of aromatic amines is 2. The Kier molecular flexibility index (Phi) is 2.68. The van der Waals surface area contributed by atoms with Gasteiger partial charge in [-0.2, -0.15) is 0 Å². The van der Waals surface area contributed by atoms with E-state index in [0.717, 1.165) is 10.9 Å². The zero-order valence-electron chi connectivity index (χ0n) is 9.64. The first-order valence-corrected chi connectivity index (χ1v) is 5.92. The Morgan fingerprint density at radius 1 is 1.32 bits per heavy atom. The molecule has 3 rings (SSSR count). The number of benzene rings is 1. The van der Waals surface area contributed by atoms with Gasteiger partial charge in [0, 0.05) is 23.9 Å². The fraction of sp³-hybridized carbons (Fsp3) is 0.0833. The van der Waals surface area contributed by atoms with Crippen molar-refractivity contribution in [3.8, 4) is 5.75 Å². The molecule has 0 aliphatic heterocycles. The Morgan fingerprint density at radius 3 is 2.89 bits per heavy atom. The number of nitrogens with zero attached hydrogens (tertiary/aromatic N) is 1. The molecule has 0 spiro atoms. The number of phenolic OH excluding ortho intramolecular Hbond substituents is 1. The van der Waals surface area contributed by atoms with Gasteiger partial charge >= 0.3 is 5.63 Å². The van der Waals surface area contributed by atoms with Crippen LogP contribution in [0.4, 0.5) is 0 Å². The second-order valence-electron chi connectivity index (χ2n) is 4.06. The van der Waals surface area contributed by atoms with Crippen LogP contribution in [0, 0.1) is 4.77 Å². The molecule has 96 valence electrons. The summed E-state index contributed by atoms with van der Waals surface area (Å²) in [6.07, 6.45) is 0.417. The molecule has 6 nitrogen and oxygen atoms in total. The van der Waals surface area contributed by atoms with E-state index in [1.54, 1.807) is 12.1 Å². The highest BCUT2D eigenvalue weighted by Crippen LogP contribution is 2.22. The molecule has 0 saturated heterocycles. The van der Waals surface area contributed by atoms with Gasteiger partial charge in [-0.25, -0.2) is 9.78 Å². The highest BCUT2D eigenvalue weighted by Gasteiger charge is 2.08. The van der Waals surface area contributed by atoms with Crippen LogP contribution in [0.2, 0.25) is 0 Å². The number of aromatic hydroxyl groups is 1. The second-order valence-corrected chi connectivity index (χ2v) is 4.45. The van der Waals surface area contributed by atoms with E-state index in [0.29, 0.717) is 22.6 Å². The average molecular weight is 275 g/mol. The summed E-state index contributed by atoms with van der Waals surface area (Å²) < 4.78 is 5.41. The standard InChI is InChI=1S/C12H9N3O3S/c16-7-1-2-8-6(3-10-13-12(19)15-14-10)4-11(17)18-9(8)5-7/h1-2,4-5,16H,3H2,(H2,13,14,15,19). The maximum absolute atomic E-state index is 11.5. The first-order valence-electron chi connectivity index (χ1n) is 5.51. The molecule has 0 amide bonds. The lowest BCUT2D eigenvalue weighted by Gasteiger charge is -2.03. The van der Waals surface area contributed by atoms with Crippen molar-refractivity contribution in [2.45, 2.75) is 6.42 Å². The van der Waals surface area contributed by atoms with Gasteiger partial charge in [0.2, 0.25) is 4.77 Å². The van der Waals surface area contributed by atoms with Crippen LogP contribution in [0.5, 0.6) is 5.75 Å². The van der Waals surface area contributed by atoms with Gasteiger partial charge in [-0.15, -0.1) is 0 Å². The minimum Gasteiger partial charge on any atom is -0.508 e. The summed E-state index contributed by atoms with van der Waals surface area (Å²) in [5, 5.41) is 15.7. The third-order valence-electron chi connectivity index (χ3n) is 2.72. The lowest BCUT2D eigenvalue weighted by atomic mass is 10.1. The second kappa shape index (κ2) is 4.36. The molecule has 0 aliphatic carbocycles. The third-order valence-corrected chi connectivity index (χ3v) is 2.92. The highest BCUT2D eigenvalue weighted by atomic mass is 32.1. The molecule has 2 heterocycles. The van der Waals surface area contributed by atoms with Crippen molar-refractivity contribution in [1.29, 1.82) is 0 Å². The predicted molar refractivity (Wildman–Crippen MR) is 70.7 cm³/mol. The summed E-state index contributed by atoms with van der Waals surface area (Å²) in [6.45, 7) is 0. The van der Waals surface area contributed by atoms with E-state index in [-0.39, 0.29) is 5.75 Å². The Bertz CT molecular complexity index is 862. The Morgan fingerprint density at radius 2 is 2.16 bits per heavy atom. The quantitative estimate of drug-likeness (QED) is 0.490. The first kappa shape index (κ1) is 11.7. The predicted octanol–water partition coefficient (Wildman–Crippen LogP) is 1.87. The van der Waals surface area contributed by atoms with Gasteiger partial charge in [-0.3, -0.25) is 10.2 Å². The van der Waals surface area contributed by atoms with Crippen molar-refractivity contribution in [2.75, 3.05) is 0 Å². The average Bonchev–Trinajstić information content (AvgIpc) is 2.74. The molecule has 7 heteroatoms. The summed E-state index contributed by atoms with van der Waals surface area (Å²) in [5.41, 5.74) is 0.628. The number of H-pyrrole nitrogens is 2. The van der Waals surface area contributed by atoms with Crippen molar-refractivity contribution in [3.63, 3.8) is 0 Å². The van der Waals surface area contributed by atoms with Gasteiger partial charge in [-0.05, 0) is 29.9 Å². The largest absolute Gasteiger partial charge is 0.508 e. The molecule has 0 bridgehead atoms. The summed E-state index contributed by atoms with van der Waals surface area (Å²) in [5.74, 6) is 0.678. The fourth-order valence-electron chi connectivity index (χ4n) is 1.93.